The van der Waals surface area contributed by atoms with Gasteiger partial charge in [-0.3, -0.25) is 9.59 Å². The third kappa shape index (κ3) is 4.79. The van der Waals surface area contributed by atoms with E-state index in [4.69, 9.17) is 9.26 Å². The maximum absolute atomic E-state index is 12.7. The van der Waals surface area contributed by atoms with E-state index in [-0.39, 0.29) is 30.8 Å². The molecule has 4 rings (SSSR count). The lowest BCUT2D eigenvalue weighted by molar-refractivity contribution is -0.145. The molecule has 0 fully saturated rings. The summed E-state index contributed by atoms with van der Waals surface area (Å²) in [4.78, 5) is 30.2. The fourth-order valence-corrected chi connectivity index (χ4v) is 3.41. The number of hydrogen-bond donors (Lipinski definition) is 0. The predicted molar refractivity (Wildman–Crippen MR) is 106 cm³/mol. The lowest BCUT2D eigenvalue weighted by Crippen LogP contribution is -2.36. The molecule has 0 bridgehead atoms. The van der Waals surface area contributed by atoms with Gasteiger partial charge in [0.05, 0.1) is 5.56 Å². The summed E-state index contributed by atoms with van der Waals surface area (Å²) in [6.07, 6.45) is -2.65. The van der Waals surface area contributed by atoms with Crippen molar-refractivity contribution in [3.8, 4) is 11.4 Å². The third-order valence-corrected chi connectivity index (χ3v) is 5.00. The average Bonchev–Trinajstić information content (AvgIpc) is 3.19. The molecule has 0 saturated heterocycles. The summed E-state index contributed by atoms with van der Waals surface area (Å²) >= 11 is 0. The first-order valence-corrected chi connectivity index (χ1v) is 9.85. The molecule has 7 nitrogen and oxygen atoms in total. The van der Waals surface area contributed by atoms with Gasteiger partial charge in [0.2, 0.25) is 11.7 Å². The number of aromatic nitrogens is 2. The quantitative estimate of drug-likeness (QED) is 0.548. The number of para-hydroxylation sites is 1. The molecule has 166 valence electrons. The molecular formula is C22H18F3N3O4. The summed E-state index contributed by atoms with van der Waals surface area (Å²) < 4.78 is 48.2. The second kappa shape index (κ2) is 8.81. The van der Waals surface area contributed by atoms with Crippen LogP contribution in [0, 0.1) is 0 Å². The van der Waals surface area contributed by atoms with Crippen molar-refractivity contribution in [2.24, 2.45) is 0 Å². The van der Waals surface area contributed by atoms with Crippen molar-refractivity contribution in [1.29, 1.82) is 0 Å². The van der Waals surface area contributed by atoms with Gasteiger partial charge in [-0.25, -0.2) is 0 Å². The Hall–Kier alpha value is -3.69. The fourth-order valence-electron chi connectivity index (χ4n) is 3.41. The Morgan fingerprint density at radius 2 is 1.84 bits per heavy atom. The van der Waals surface area contributed by atoms with Crippen LogP contribution >= 0.6 is 0 Å². The van der Waals surface area contributed by atoms with Gasteiger partial charge in [-0.2, -0.15) is 18.2 Å². The van der Waals surface area contributed by atoms with Gasteiger partial charge in [0.15, 0.2) is 6.61 Å². The van der Waals surface area contributed by atoms with Gasteiger partial charge < -0.3 is 14.2 Å². The fraction of sp³-hybridized carbons (Fsp3) is 0.273. The average molecular weight is 445 g/mol. The Kier molecular flexibility index (Phi) is 5.93. The van der Waals surface area contributed by atoms with E-state index in [1.54, 1.807) is 12.1 Å². The van der Waals surface area contributed by atoms with Crippen LogP contribution < -0.4 is 4.90 Å². The van der Waals surface area contributed by atoms with Gasteiger partial charge >= 0.3 is 12.1 Å². The van der Waals surface area contributed by atoms with Crippen LogP contribution in [0.4, 0.5) is 18.9 Å². The molecule has 1 aliphatic heterocycles. The second-order valence-corrected chi connectivity index (χ2v) is 7.21. The molecule has 3 aromatic rings. The lowest BCUT2D eigenvalue weighted by Gasteiger charge is -2.21. The number of ether oxygens (including phenoxy) is 1. The number of carbonyl (C=O) groups excluding carboxylic acids is 2. The number of aryl methyl sites for hydroxylation is 1. The zero-order valence-electron chi connectivity index (χ0n) is 16.8. The van der Waals surface area contributed by atoms with Crippen LogP contribution in [0.5, 0.6) is 0 Å². The highest BCUT2D eigenvalue weighted by Gasteiger charge is 2.30. The normalized spacial score (nSPS) is 14.1. The number of nitrogens with zero attached hydrogens (tertiary/aromatic N) is 3. The lowest BCUT2D eigenvalue weighted by atomic mass is 10.1. The van der Waals surface area contributed by atoms with Crippen LogP contribution in [-0.2, 0) is 33.5 Å². The molecule has 1 aliphatic rings. The second-order valence-electron chi connectivity index (χ2n) is 7.21. The van der Waals surface area contributed by atoms with E-state index in [0.29, 0.717) is 24.1 Å². The Bertz CT molecular complexity index is 1130. The molecule has 0 unspecified atom stereocenters. The number of esters is 1. The summed E-state index contributed by atoms with van der Waals surface area (Å²) in [7, 11) is 0. The molecule has 1 amide bonds. The molecule has 2 aromatic carbocycles. The molecule has 0 N–H and O–H groups in total. The van der Waals surface area contributed by atoms with Crippen molar-refractivity contribution in [3.63, 3.8) is 0 Å². The maximum Gasteiger partial charge on any atom is 0.416 e. The Balaban J connectivity index is 1.38. The first-order chi connectivity index (χ1) is 15.3. The van der Waals surface area contributed by atoms with Crippen molar-refractivity contribution < 1.29 is 32.0 Å². The third-order valence-electron chi connectivity index (χ3n) is 5.00. The summed E-state index contributed by atoms with van der Waals surface area (Å²) in [6.45, 7) is -0.577. The topological polar surface area (TPSA) is 85.5 Å². The number of carbonyl (C=O) groups is 2. The number of halogens is 3. The van der Waals surface area contributed by atoms with Gasteiger partial charge in [0, 0.05) is 17.7 Å². The number of rotatable bonds is 5. The van der Waals surface area contributed by atoms with Crippen LogP contribution in [0.15, 0.2) is 53.1 Å². The summed E-state index contributed by atoms with van der Waals surface area (Å²) in [5.41, 5.74) is 1.22. The minimum atomic E-state index is -4.44. The Morgan fingerprint density at radius 3 is 2.59 bits per heavy atom. The van der Waals surface area contributed by atoms with Gasteiger partial charge in [-0.1, -0.05) is 35.5 Å². The molecule has 10 heteroatoms. The highest BCUT2D eigenvalue weighted by molar-refractivity contribution is 5.98. The van der Waals surface area contributed by atoms with Crippen LogP contribution in [0.2, 0.25) is 0 Å². The number of anilines is 1. The van der Waals surface area contributed by atoms with Crippen LogP contribution in [0.1, 0.15) is 29.9 Å². The van der Waals surface area contributed by atoms with E-state index in [2.05, 4.69) is 10.1 Å². The predicted octanol–water partition coefficient (Wildman–Crippen LogP) is 4.17. The van der Waals surface area contributed by atoms with Gasteiger partial charge in [0.1, 0.15) is 6.54 Å². The largest absolute Gasteiger partial charge is 0.454 e. The molecule has 0 spiro atoms. The number of benzene rings is 2. The number of alkyl halides is 3. The first kappa shape index (κ1) is 21.5. The molecule has 0 radical (unpaired) electrons. The van der Waals surface area contributed by atoms with Gasteiger partial charge in [0.25, 0.3) is 5.89 Å². The van der Waals surface area contributed by atoms with E-state index in [1.807, 2.05) is 12.1 Å². The molecule has 2 heterocycles. The maximum atomic E-state index is 12.7. The first-order valence-electron chi connectivity index (χ1n) is 9.85. The number of fused-ring (bicyclic) bond motifs is 1. The van der Waals surface area contributed by atoms with E-state index < -0.39 is 17.7 Å². The van der Waals surface area contributed by atoms with Crippen molar-refractivity contribution >= 4 is 17.6 Å². The molecule has 1 aromatic heterocycles. The zero-order valence-corrected chi connectivity index (χ0v) is 16.8. The highest BCUT2D eigenvalue weighted by atomic mass is 19.4. The van der Waals surface area contributed by atoms with Crippen molar-refractivity contribution in [3.05, 3.63) is 65.5 Å². The molecule has 0 aliphatic carbocycles. The zero-order chi connectivity index (χ0) is 22.7. The van der Waals surface area contributed by atoms with E-state index >= 15 is 0 Å². The van der Waals surface area contributed by atoms with Crippen molar-refractivity contribution in [1.82, 2.24) is 10.1 Å². The van der Waals surface area contributed by atoms with E-state index in [1.165, 1.54) is 17.0 Å². The summed E-state index contributed by atoms with van der Waals surface area (Å²) in [6, 6.07) is 11.7. The van der Waals surface area contributed by atoms with Gasteiger partial charge in [-0.15, -0.1) is 0 Å². The van der Waals surface area contributed by atoms with E-state index in [9.17, 15) is 22.8 Å². The Morgan fingerprint density at radius 1 is 1.09 bits per heavy atom. The smallest absolute Gasteiger partial charge is 0.416 e. The minimum absolute atomic E-state index is 0.0177. The Labute approximate surface area is 180 Å². The minimum Gasteiger partial charge on any atom is -0.454 e. The molecular weight excluding hydrogens is 427 g/mol. The van der Waals surface area contributed by atoms with Crippen molar-refractivity contribution in [2.75, 3.05) is 11.4 Å². The summed E-state index contributed by atoms with van der Waals surface area (Å²) in [5, 5.41) is 3.70. The van der Waals surface area contributed by atoms with Crippen LogP contribution in [-0.4, -0.2) is 28.6 Å². The standard InChI is InChI=1S/C22H18F3N3O4/c23-22(24,25)16-10-8-15(9-11-16)21-26-18(32-27-21)13-31-20(30)12-28-17-6-2-1-4-14(17)5-3-7-19(28)29/h1-2,4,6,8-11H,3,5,7,12-13H2. The summed E-state index contributed by atoms with van der Waals surface area (Å²) in [5.74, 6) is -0.754. The highest BCUT2D eigenvalue weighted by Crippen LogP contribution is 2.30. The SMILES string of the molecule is O=C(CN1C(=O)CCCc2ccccc21)OCc1nc(-c2ccc(C(F)(F)F)cc2)no1. The van der Waals surface area contributed by atoms with Gasteiger partial charge in [-0.05, 0) is 36.6 Å². The molecule has 32 heavy (non-hydrogen) atoms. The number of hydrogen-bond acceptors (Lipinski definition) is 6. The monoisotopic (exact) mass is 445 g/mol. The van der Waals surface area contributed by atoms with Crippen LogP contribution in [0.3, 0.4) is 0 Å². The van der Waals surface area contributed by atoms with E-state index in [0.717, 1.165) is 24.1 Å². The number of amides is 1. The van der Waals surface area contributed by atoms with Crippen molar-refractivity contribution in [2.45, 2.75) is 32.0 Å². The molecule has 0 saturated carbocycles. The van der Waals surface area contributed by atoms with Crippen LogP contribution in [0.25, 0.3) is 11.4 Å². The molecule has 0 atom stereocenters.